The third-order valence-corrected chi connectivity index (χ3v) is 6.61. The summed E-state index contributed by atoms with van der Waals surface area (Å²) in [6.45, 7) is 3.80. The SMILES string of the molecule is C[C@H](CCNC(=O)COc1ccc(CCCCN)cc1)NCC(O)c1ccc(OCc2ccccc2)c(NC=O)c1. The van der Waals surface area contributed by atoms with Crippen molar-refractivity contribution in [2.24, 2.45) is 5.73 Å². The number of carbonyl (C=O) groups excluding carboxylic acids is 2. The van der Waals surface area contributed by atoms with Gasteiger partial charge in [0.2, 0.25) is 6.41 Å². The Labute approximate surface area is 242 Å². The maximum absolute atomic E-state index is 12.2. The molecule has 2 atom stereocenters. The molecular formula is C32H42N4O5. The summed E-state index contributed by atoms with van der Waals surface area (Å²) >= 11 is 0. The molecule has 3 rings (SSSR count). The molecule has 1 unspecified atom stereocenters. The average molecular weight is 563 g/mol. The number of nitrogens with two attached hydrogens (primary N) is 1. The molecule has 220 valence electrons. The molecule has 0 aliphatic carbocycles. The predicted molar refractivity (Wildman–Crippen MR) is 161 cm³/mol. The van der Waals surface area contributed by atoms with Gasteiger partial charge in [0.05, 0.1) is 11.8 Å². The third-order valence-electron chi connectivity index (χ3n) is 6.61. The molecule has 0 aliphatic rings. The zero-order valence-corrected chi connectivity index (χ0v) is 23.7. The molecule has 9 nitrogen and oxygen atoms in total. The van der Waals surface area contributed by atoms with E-state index in [1.165, 1.54) is 5.56 Å². The molecule has 0 aliphatic heterocycles. The molecule has 2 amide bonds. The van der Waals surface area contributed by atoms with Gasteiger partial charge in [0, 0.05) is 19.1 Å². The van der Waals surface area contributed by atoms with Crippen molar-refractivity contribution in [3.63, 3.8) is 0 Å². The molecule has 0 heterocycles. The number of benzene rings is 3. The number of nitrogens with one attached hydrogen (secondary N) is 3. The van der Waals surface area contributed by atoms with Gasteiger partial charge in [-0.25, -0.2) is 0 Å². The van der Waals surface area contributed by atoms with Crippen LogP contribution in [0.3, 0.4) is 0 Å². The molecule has 41 heavy (non-hydrogen) atoms. The number of anilines is 1. The lowest BCUT2D eigenvalue weighted by Crippen LogP contribution is -2.36. The Morgan fingerprint density at radius 2 is 1.78 bits per heavy atom. The van der Waals surface area contributed by atoms with E-state index < -0.39 is 6.10 Å². The predicted octanol–water partition coefficient (Wildman–Crippen LogP) is 3.71. The van der Waals surface area contributed by atoms with Crippen LogP contribution in [0.5, 0.6) is 11.5 Å². The molecule has 9 heteroatoms. The fourth-order valence-electron chi connectivity index (χ4n) is 4.18. The summed E-state index contributed by atoms with van der Waals surface area (Å²) < 4.78 is 11.5. The normalized spacial score (nSPS) is 12.3. The number of rotatable bonds is 19. The van der Waals surface area contributed by atoms with Crippen molar-refractivity contribution in [2.75, 3.05) is 31.6 Å². The first-order chi connectivity index (χ1) is 20.0. The highest BCUT2D eigenvalue weighted by Gasteiger charge is 2.14. The Balaban J connectivity index is 1.35. The van der Waals surface area contributed by atoms with E-state index in [0.717, 1.165) is 24.8 Å². The Kier molecular flexibility index (Phi) is 13.6. The van der Waals surface area contributed by atoms with E-state index in [2.05, 4.69) is 16.0 Å². The zero-order chi connectivity index (χ0) is 29.3. The smallest absolute Gasteiger partial charge is 0.257 e. The van der Waals surface area contributed by atoms with E-state index in [9.17, 15) is 14.7 Å². The summed E-state index contributed by atoms with van der Waals surface area (Å²) in [6.07, 6.45) is 3.53. The maximum Gasteiger partial charge on any atom is 0.257 e. The average Bonchev–Trinajstić information content (AvgIpc) is 2.99. The zero-order valence-electron chi connectivity index (χ0n) is 23.7. The van der Waals surface area contributed by atoms with Crippen molar-refractivity contribution in [1.29, 1.82) is 0 Å². The van der Waals surface area contributed by atoms with Crippen molar-refractivity contribution in [3.05, 3.63) is 89.5 Å². The monoisotopic (exact) mass is 562 g/mol. The third kappa shape index (κ3) is 11.6. The molecule has 3 aromatic rings. The van der Waals surface area contributed by atoms with Crippen LogP contribution in [0.1, 0.15) is 49.0 Å². The lowest BCUT2D eigenvalue weighted by atomic mass is 10.1. The van der Waals surface area contributed by atoms with Gasteiger partial charge in [-0.15, -0.1) is 0 Å². The van der Waals surface area contributed by atoms with Crippen LogP contribution in [-0.4, -0.2) is 49.7 Å². The first-order valence-electron chi connectivity index (χ1n) is 14.1. The van der Waals surface area contributed by atoms with Gasteiger partial charge in [0.1, 0.15) is 18.1 Å². The Morgan fingerprint density at radius 1 is 1.00 bits per heavy atom. The number of aliphatic hydroxyl groups is 1. The molecule has 0 saturated heterocycles. The van der Waals surface area contributed by atoms with Crippen LogP contribution in [0.25, 0.3) is 0 Å². The summed E-state index contributed by atoms with van der Waals surface area (Å²) in [5.74, 6) is 0.997. The fraction of sp³-hybridized carbons (Fsp3) is 0.375. The maximum atomic E-state index is 12.2. The lowest BCUT2D eigenvalue weighted by Gasteiger charge is -2.19. The van der Waals surface area contributed by atoms with Gasteiger partial charge in [0.25, 0.3) is 5.91 Å². The number of ether oxygens (including phenoxy) is 2. The summed E-state index contributed by atoms with van der Waals surface area (Å²) in [5, 5.41) is 19.5. The number of unbranched alkanes of at least 4 members (excludes halogenated alkanes) is 1. The van der Waals surface area contributed by atoms with Crippen LogP contribution < -0.4 is 31.2 Å². The second-order valence-electron chi connectivity index (χ2n) is 9.93. The summed E-state index contributed by atoms with van der Waals surface area (Å²) in [5.41, 5.74) is 8.91. The summed E-state index contributed by atoms with van der Waals surface area (Å²) in [4.78, 5) is 23.3. The number of aryl methyl sites for hydroxylation is 1. The molecule has 0 radical (unpaired) electrons. The number of aliphatic hydroxyl groups excluding tert-OH is 1. The number of hydrogen-bond acceptors (Lipinski definition) is 7. The number of amides is 2. The van der Waals surface area contributed by atoms with Gasteiger partial charge in [-0.2, -0.15) is 0 Å². The largest absolute Gasteiger partial charge is 0.487 e. The minimum atomic E-state index is -0.789. The van der Waals surface area contributed by atoms with Crippen molar-refractivity contribution >= 4 is 18.0 Å². The van der Waals surface area contributed by atoms with E-state index in [0.29, 0.717) is 61.8 Å². The first kappa shape index (κ1) is 31.6. The molecule has 0 bridgehead atoms. The topological polar surface area (TPSA) is 135 Å². The van der Waals surface area contributed by atoms with E-state index in [1.807, 2.05) is 61.5 Å². The van der Waals surface area contributed by atoms with Gasteiger partial charge in [0.15, 0.2) is 6.61 Å². The quantitative estimate of drug-likeness (QED) is 0.111. The van der Waals surface area contributed by atoms with Gasteiger partial charge < -0.3 is 36.3 Å². The van der Waals surface area contributed by atoms with Crippen LogP contribution in [0.4, 0.5) is 5.69 Å². The van der Waals surface area contributed by atoms with Crippen molar-refractivity contribution in [3.8, 4) is 11.5 Å². The van der Waals surface area contributed by atoms with Gasteiger partial charge >= 0.3 is 0 Å². The van der Waals surface area contributed by atoms with Gasteiger partial charge in [-0.3, -0.25) is 9.59 Å². The number of carbonyl (C=O) groups is 2. The Hall–Kier alpha value is -3.92. The Morgan fingerprint density at radius 3 is 2.51 bits per heavy atom. The summed E-state index contributed by atoms with van der Waals surface area (Å²) in [7, 11) is 0. The standard InChI is InChI=1S/C32H42N4O5/c1-24(16-18-34-32(39)22-40-28-13-10-25(11-14-28)7-5-6-17-33)35-20-30(38)27-12-15-31(29(19-27)36-23-37)41-21-26-8-3-2-4-9-26/h2-4,8-15,19,23-24,30,35,38H,5-7,16-18,20-22,33H2,1H3,(H,34,39)(H,36,37)/t24-,30?/m1/s1. The molecule has 6 N–H and O–H groups in total. The van der Waals surface area contributed by atoms with E-state index >= 15 is 0 Å². The molecule has 0 aromatic heterocycles. The fourth-order valence-corrected chi connectivity index (χ4v) is 4.18. The molecular weight excluding hydrogens is 520 g/mol. The van der Waals surface area contributed by atoms with Crippen molar-refractivity contribution < 1.29 is 24.2 Å². The Bertz CT molecular complexity index is 1190. The van der Waals surface area contributed by atoms with Crippen LogP contribution in [0.15, 0.2) is 72.8 Å². The number of hydrogen-bond donors (Lipinski definition) is 5. The molecule has 0 spiro atoms. The van der Waals surface area contributed by atoms with E-state index in [-0.39, 0.29) is 18.6 Å². The van der Waals surface area contributed by atoms with Gasteiger partial charge in [-0.05, 0) is 80.1 Å². The molecule has 3 aromatic carbocycles. The van der Waals surface area contributed by atoms with E-state index in [1.54, 1.807) is 18.2 Å². The van der Waals surface area contributed by atoms with Crippen LogP contribution in [0, 0.1) is 0 Å². The second kappa shape index (κ2) is 17.7. The lowest BCUT2D eigenvalue weighted by molar-refractivity contribution is -0.123. The highest BCUT2D eigenvalue weighted by molar-refractivity contribution is 5.77. The molecule has 0 fully saturated rings. The highest BCUT2D eigenvalue weighted by atomic mass is 16.5. The van der Waals surface area contributed by atoms with Crippen LogP contribution in [0.2, 0.25) is 0 Å². The highest BCUT2D eigenvalue weighted by Crippen LogP contribution is 2.29. The van der Waals surface area contributed by atoms with Crippen LogP contribution >= 0.6 is 0 Å². The minimum Gasteiger partial charge on any atom is -0.487 e. The van der Waals surface area contributed by atoms with Crippen molar-refractivity contribution in [2.45, 2.75) is 51.4 Å². The first-order valence-corrected chi connectivity index (χ1v) is 14.1. The van der Waals surface area contributed by atoms with E-state index in [4.69, 9.17) is 15.2 Å². The summed E-state index contributed by atoms with van der Waals surface area (Å²) in [6, 6.07) is 22.8. The van der Waals surface area contributed by atoms with Crippen molar-refractivity contribution in [1.82, 2.24) is 10.6 Å². The second-order valence-corrected chi connectivity index (χ2v) is 9.93. The minimum absolute atomic E-state index is 0.0464. The van der Waals surface area contributed by atoms with Gasteiger partial charge in [-0.1, -0.05) is 48.5 Å². The molecule has 0 saturated carbocycles. The van der Waals surface area contributed by atoms with Crippen LogP contribution in [-0.2, 0) is 22.6 Å².